The molecule has 0 bridgehead atoms. The summed E-state index contributed by atoms with van der Waals surface area (Å²) in [5.41, 5.74) is 6.80. The van der Waals surface area contributed by atoms with Gasteiger partial charge in [-0.2, -0.15) is 0 Å². The number of rotatable bonds is 2. The van der Waals surface area contributed by atoms with Gasteiger partial charge in [0.1, 0.15) is 5.15 Å². The van der Waals surface area contributed by atoms with E-state index in [9.17, 15) is 4.79 Å². The van der Waals surface area contributed by atoms with Crippen LogP contribution in [0, 0.1) is 0 Å². The van der Waals surface area contributed by atoms with Crippen molar-refractivity contribution in [1.29, 1.82) is 0 Å². The number of carbonyl (C=O) groups excluding carboxylic acids is 1. The van der Waals surface area contributed by atoms with Crippen molar-refractivity contribution in [1.82, 2.24) is 4.98 Å². The van der Waals surface area contributed by atoms with E-state index in [1.54, 1.807) is 24.3 Å². The lowest BCUT2D eigenvalue weighted by molar-refractivity contribution is 0.102. The number of nitrogen functional groups attached to an aromatic ring is 1. The van der Waals surface area contributed by atoms with Gasteiger partial charge >= 0.3 is 0 Å². The van der Waals surface area contributed by atoms with E-state index in [1.807, 2.05) is 0 Å². The van der Waals surface area contributed by atoms with Crippen LogP contribution in [0.4, 0.5) is 11.4 Å². The second kappa shape index (κ2) is 5.77. The molecule has 3 N–H and O–H groups in total. The Morgan fingerprint density at radius 2 is 2.11 bits per heavy atom. The number of nitrogens with zero attached hydrogens (tertiary/aromatic N) is 1. The number of anilines is 2. The number of nitrogens with two attached hydrogens (primary N) is 1. The molecule has 0 saturated carbocycles. The summed E-state index contributed by atoms with van der Waals surface area (Å²) in [7, 11) is 0. The Balaban J connectivity index is 2.26. The lowest BCUT2D eigenvalue weighted by Gasteiger charge is -2.08. The van der Waals surface area contributed by atoms with E-state index in [0.717, 1.165) is 0 Å². The van der Waals surface area contributed by atoms with Crippen LogP contribution in [0.25, 0.3) is 0 Å². The van der Waals surface area contributed by atoms with Crippen molar-refractivity contribution in [3.8, 4) is 0 Å². The summed E-state index contributed by atoms with van der Waals surface area (Å²) in [6, 6.07) is 6.51. The second-order valence-electron chi connectivity index (χ2n) is 3.65. The largest absolute Gasteiger partial charge is 0.397 e. The van der Waals surface area contributed by atoms with Crippen LogP contribution in [0.2, 0.25) is 10.2 Å². The molecule has 1 aromatic heterocycles. The first-order chi connectivity index (χ1) is 8.99. The Kier molecular flexibility index (Phi) is 4.29. The van der Waals surface area contributed by atoms with Gasteiger partial charge in [-0.25, -0.2) is 4.98 Å². The number of nitrogens with one attached hydrogen (secondary N) is 1. The third-order valence-corrected chi connectivity index (χ3v) is 3.82. The normalized spacial score (nSPS) is 10.3. The van der Waals surface area contributed by atoms with Crippen LogP contribution in [-0.2, 0) is 0 Å². The number of hydrogen-bond acceptors (Lipinski definition) is 3. The molecule has 2 aromatic rings. The van der Waals surface area contributed by atoms with Crippen LogP contribution in [-0.4, -0.2) is 10.9 Å². The number of benzene rings is 1. The Morgan fingerprint density at radius 1 is 1.37 bits per heavy atom. The fraction of sp³-hybridized carbons (Fsp3) is 0. The van der Waals surface area contributed by atoms with Crippen molar-refractivity contribution in [3.05, 3.63) is 50.7 Å². The lowest BCUT2D eigenvalue weighted by atomic mass is 10.1. The summed E-state index contributed by atoms with van der Waals surface area (Å²) in [4.78, 5) is 16.0. The Hall–Kier alpha value is -1.30. The number of aromatic nitrogens is 1. The summed E-state index contributed by atoms with van der Waals surface area (Å²) in [5, 5.41) is 3.32. The Bertz CT molecular complexity index is 649. The molecule has 1 amide bonds. The van der Waals surface area contributed by atoms with Gasteiger partial charge in [-0.05, 0) is 34.1 Å². The molecule has 0 saturated heterocycles. The van der Waals surface area contributed by atoms with Crippen LogP contribution in [0.15, 0.2) is 34.9 Å². The zero-order valence-corrected chi connectivity index (χ0v) is 12.6. The summed E-state index contributed by atoms with van der Waals surface area (Å²) < 4.78 is 0.589. The van der Waals surface area contributed by atoms with Crippen molar-refractivity contribution in [2.24, 2.45) is 0 Å². The lowest BCUT2D eigenvalue weighted by Crippen LogP contribution is -2.14. The number of halogens is 3. The maximum absolute atomic E-state index is 12.1. The third-order valence-electron chi connectivity index (χ3n) is 2.35. The third kappa shape index (κ3) is 3.18. The molecular weight excluding hydrogens is 353 g/mol. The second-order valence-corrected chi connectivity index (χ2v) is 5.27. The van der Waals surface area contributed by atoms with Crippen molar-refractivity contribution in [2.45, 2.75) is 0 Å². The molecular formula is C12H8BrCl2N3O. The molecule has 7 heteroatoms. The predicted molar refractivity (Wildman–Crippen MR) is 80.8 cm³/mol. The van der Waals surface area contributed by atoms with Gasteiger partial charge in [0, 0.05) is 0 Å². The summed E-state index contributed by atoms with van der Waals surface area (Å²) >= 11 is 14.9. The topological polar surface area (TPSA) is 68.0 Å². The van der Waals surface area contributed by atoms with Crippen LogP contribution in [0.1, 0.15) is 10.4 Å². The van der Waals surface area contributed by atoms with Crippen LogP contribution in [0.5, 0.6) is 0 Å². The Labute approximate surface area is 128 Å². The quantitative estimate of drug-likeness (QED) is 0.628. The van der Waals surface area contributed by atoms with E-state index < -0.39 is 0 Å². The van der Waals surface area contributed by atoms with Crippen LogP contribution in [0.3, 0.4) is 0 Å². The standard InChI is InChI=1S/C12H8BrCl2N3O/c13-8-4-6(5-17-11(8)15)18-12(19)7-2-1-3-9(14)10(7)16/h1-5H,16H2,(H,18,19). The monoisotopic (exact) mass is 359 g/mol. The molecule has 0 aliphatic heterocycles. The molecule has 0 radical (unpaired) electrons. The zero-order chi connectivity index (χ0) is 14.0. The number of para-hydroxylation sites is 1. The highest BCUT2D eigenvalue weighted by molar-refractivity contribution is 9.10. The number of amides is 1. The molecule has 2 rings (SSSR count). The minimum atomic E-state index is -0.365. The highest BCUT2D eigenvalue weighted by Gasteiger charge is 2.12. The van der Waals surface area contributed by atoms with Gasteiger partial charge in [0.2, 0.25) is 0 Å². The fourth-order valence-corrected chi connectivity index (χ4v) is 2.05. The fourth-order valence-electron chi connectivity index (χ4n) is 1.42. The molecule has 0 spiro atoms. The van der Waals surface area contributed by atoms with Crippen molar-refractivity contribution >= 4 is 56.4 Å². The van der Waals surface area contributed by atoms with Gasteiger partial charge < -0.3 is 11.1 Å². The zero-order valence-electron chi connectivity index (χ0n) is 9.45. The van der Waals surface area contributed by atoms with E-state index in [2.05, 4.69) is 26.2 Å². The molecule has 0 aliphatic rings. The van der Waals surface area contributed by atoms with E-state index in [-0.39, 0.29) is 11.6 Å². The van der Waals surface area contributed by atoms with E-state index >= 15 is 0 Å². The van der Waals surface area contributed by atoms with Crippen molar-refractivity contribution in [3.63, 3.8) is 0 Å². The van der Waals surface area contributed by atoms with E-state index in [0.29, 0.717) is 25.9 Å². The van der Waals surface area contributed by atoms with Gasteiger partial charge in [-0.15, -0.1) is 0 Å². The maximum Gasteiger partial charge on any atom is 0.257 e. The SMILES string of the molecule is Nc1c(Cl)cccc1C(=O)Nc1cnc(Cl)c(Br)c1. The summed E-state index contributed by atoms with van der Waals surface area (Å²) in [5.74, 6) is -0.365. The van der Waals surface area contributed by atoms with Gasteiger partial charge in [0.05, 0.1) is 32.6 Å². The minimum absolute atomic E-state index is 0.239. The highest BCUT2D eigenvalue weighted by atomic mass is 79.9. The predicted octanol–water partition coefficient (Wildman–Crippen LogP) is 3.99. The van der Waals surface area contributed by atoms with Crippen molar-refractivity contribution in [2.75, 3.05) is 11.1 Å². The molecule has 19 heavy (non-hydrogen) atoms. The van der Waals surface area contributed by atoms with Crippen LogP contribution < -0.4 is 11.1 Å². The summed E-state index contributed by atoms with van der Waals surface area (Å²) in [6.07, 6.45) is 1.45. The van der Waals surface area contributed by atoms with Gasteiger partial charge in [-0.3, -0.25) is 4.79 Å². The average Bonchev–Trinajstić information content (AvgIpc) is 2.37. The van der Waals surface area contributed by atoms with Crippen molar-refractivity contribution < 1.29 is 4.79 Å². The maximum atomic E-state index is 12.1. The number of hydrogen-bond donors (Lipinski definition) is 2. The number of carbonyl (C=O) groups is 1. The molecule has 4 nitrogen and oxygen atoms in total. The number of pyridine rings is 1. The molecule has 98 valence electrons. The summed E-state index contributed by atoms with van der Waals surface area (Å²) in [6.45, 7) is 0. The average molecular weight is 361 g/mol. The highest BCUT2D eigenvalue weighted by Crippen LogP contribution is 2.25. The smallest absolute Gasteiger partial charge is 0.257 e. The molecule has 0 atom stereocenters. The Morgan fingerprint density at radius 3 is 2.79 bits per heavy atom. The van der Waals surface area contributed by atoms with Gasteiger partial charge in [0.15, 0.2) is 0 Å². The molecule has 0 fully saturated rings. The van der Waals surface area contributed by atoms with E-state index in [4.69, 9.17) is 28.9 Å². The minimum Gasteiger partial charge on any atom is -0.397 e. The molecule has 0 aliphatic carbocycles. The first-order valence-corrected chi connectivity index (χ1v) is 6.70. The van der Waals surface area contributed by atoms with Crippen LogP contribution >= 0.6 is 39.1 Å². The first-order valence-electron chi connectivity index (χ1n) is 5.15. The van der Waals surface area contributed by atoms with E-state index in [1.165, 1.54) is 6.20 Å². The molecule has 1 aromatic carbocycles. The molecule has 0 unspecified atom stereocenters. The molecule has 1 heterocycles. The van der Waals surface area contributed by atoms with Gasteiger partial charge in [0.25, 0.3) is 5.91 Å². The van der Waals surface area contributed by atoms with Gasteiger partial charge in [-0.1, -0.05) is 29.3 Å². The first kappa shape index (κ1) is 14.1.